The van der Waals surface area contributed by atoms with Crippen LogP contribution < -0.4 is 10.6 Å². The van der Waals surface area contributed by atoms with Crippen molar-refractivity contribution >= 4 is 46.7 Å². The third-order valence-electron chi connectivity index (χ3n) is 6.70. The van der Waals surface area contributed by atoms with E-state index in [1.165, 1.54) is 6.07 Å². The number of carbonyl (C=O) groups is 3. The van der Waals surface area contributed by atoms with E-state index in [0.29, 0.717) is 33.6 Å². The molecule has 3 N–H and O–H groups in total. The minimum Gasteiger partial charge on any atom is -0.480 e. The zero-order valence-electron chi connectivity index (χ0n) is 19.3. The number of nitrogens with one attached hydrogen (secondary N) is 2. The number of rotatable bonds is 8. The Bertz CT molecular complexity index is 1030. The maximum Gasteiger partial charge on any atom is 0.326 e. The summed E-state index contributed by atoms with van der Waals surface area (Å²) in [5, 5.41) is 15.7. The second-order valence-electron chi connectivity index (χ2n) is 8.96. The first-order valence-corrected chi connectivity index (χ1v) is 12.3. The largest absolute Gasteiger partial charge is 0.480 e. The van der Waals surface area contributed by atoms with Crippen molar-refractivity contribution in [3.05, 3.63) is 63.6 Å². The van der Waals surface area contributed by atoms with Gasteiger partial charge in [-0.15, -0.1) is 0 Å². The lowest BCUT2D eigenvalue weighted by atomic mass is 9.78. The Morgan fingerprint density at radius 1 is 1.00 bits per heavy atom. The third-order valence-corrected chi connectivity index (χ3v) is 7.44. The Kier molecular flexibility index (Phi) is 8.97. The van der Waals surface area contributed by atoms with Crippen LogP contribution in [0.2, 0.25) is 10.0 Å². The molecule has 1 unspecified atom stereocenters. The zero-order valence-corrected chi connectivity index (χ0v) is 20.8. The molecule has 1 saturated carbocycles. The van der Waals surface area contributed by atoms with Crippen molar-refractivity contribution < 1.29 is 19.5 Å². The van der Waals surface area contributed by atoms with Gasteiger partial charge in [0.25, 0.3) is 5.91 Å². The molecule has 2 aromatic carbocycles. The van der Waals surface area contributed by atoms with Crippen molar-refractivity contribution in [2.24, 2.45) is 11.8 Å². The van der Waals surface area contributed by atoms with E-state index in [1.807, 2.05) is 38.1 Å². The minimum atomic E-state index is -0.984. The number of carbonyl (C=O) groups excluding carboxylic acids is 2. The van der Waals surface area contributed by atoms with Gasteiger partial charge in [-0.3, -0.25) is 9.59 Å². The molecule has 1 fully saturated rings. The van der Waals surface area contributed by atoms with Crippen molar-refractivity contribution in [3.8, 4) is 0 Å². The fourth-order valence-electron chi connectivity index (χ4n) is 4.32. The highest BCUT2D eigenvalue weighted by atomic mass is 35.5. The molecule has 182 valence electrons. The molecule has 0 aromatic heterocycles. The van der Waals surface area contributed by atoms with Crippen LogP contribution in [0.5, 0.6) is 0 Å². The van der Waals surface area contributed by atoms with Gasteiger partial charge in [-0.05, 0) is 73.4 Å². The molecule has 0 spiro atoms. The Morgan fingerprint density at radius 3 is 2.21 bits per heavy atom. The normalized spacial score (nSPS) is 19.6. The van der Waals surface area contributed by atoms with E-state index < -0.39 is 12.0 Å². The lowest BCUT2D eigenvalue weighted by molar-refractivity contribution is -0.144. The molecule has 6 nitrogen and oxygen atoms in total. The van der Waals surface area contributed by atoms with Crippen LogP contribution in [0, 0.1) is 11.8 Å². The predicted octanol–water partition coefficient (Wildman–Crippen LogP) is 6.14. The molecule has 1 aliphatic carbocycles. The number of hydrogen-bond acceptors (Lipinski definition) is 3. The van der Waals surface area contributed by atoms with E-state index in [2.05, 4.69) is 10.6 Å². The van der Waals surface area contributed by atoms with Crippen LogP contribution in [0.4, 0.5) is 5.69 Å². The SMILES string of the molecule is CCC(C)[C@H](NC(=O)C1CCC(c2ccc(NC(=O)c3ccc(Cl)c(Cl)c3)cc2)CC1)C(=O)O. The highest BCUT2D eigenvalue weighted by Gasteiger charge is 2.31. The first-order chi connectivity index (χ1) is 16.2. The fraction of sp³-hybridized carbons (Fsp3) is 0.423. The second kappa shape index (κ2) is 11.7. The van der Waals surface area contributed by atoms with E-state index >= 15 is 0 Å². The van der Waals surface area contributed by atoms with Crippen LogP contribution in [-0.4, -0.2) is 28.9 Å². The molecule has 0 heterocycles. The average Bonchev–Trinajstić information content (AvgIpc) is 2.84. The number of amides is 2. The van der Waals surface area contributed by atoms with Crippen LogP contribution in [-0.2, 0) is 9.59 Å². The summed E-state index contributed by atoms with van der Waals surface area (Å²) in [6.07, 6.45) is 3.84. The minimum absolute atomic E-state index is 0.117. The number of carboxylic acid groups (broad SMARTS) is 1. The number of halogens is 2. The van der Waals surface area contributed by atoms with Crippen LogP contribution >= 0.6 is 23.2 Å². The van der Waals surface area contributed by atoms with Gasteiger partial charge in [0.05, 0.1) is 10.0 Å². The van der Waals surface area contributed by atoms with Crippen LogP contribution in [0.15, 0.2) is 42.5 Å². The van der Waals surface area contributed by atoms with E-state index in [0.717, 1.165) is 31.2 Å². The summed E-state index contributed by atoms with van der Waals surface area (Å²) in [7, 11) is 0. The van der Waals surface area contributed by atoms with E-state index in [-0.39, 0.29) is 23.7 Å². The number of benzene rings is 2. The van der Waals surface area contributed by atoms with Crippen LogP contribution in [0.1, 0.15) is 67.8 Å². The molecule has 8 heteroatoms. The van der Waals surface area contributed by atoms with Crippen LogP contribution in [0.3, 0.4) is 0 Å². The van der Waals surface area contributed by atoms with Gasteiger partial charge in [0.2, 0.25) is 5.91 Å². The second-order valence-corrected chi connectivity index (χ2v) is 9.78. The molecule has 34 heavy (non-hydrogen) atoms. The fourth-order valence-corrected chi connectivity index (χ4v) is 4.62. The maximum absolute atomic E-state index is 12.7. The van der Waals surface area contributed by atoms with Crippen molar-refractivity contribution in [2.75, 3.05) is 5.32 Å². The Balaban J connectivity index is 1.53. The summed E-state index contributed by atoms with van der Waals surface area (Å²) in [5.74, 6) is -1.36. The standard InChI is InChI=1S/C26H30Cl2N2O4/c1-3-15(2)23(26(33)34)30-24(31)18-6-4-16(5-7-18)17-8-11-20(12-9-17)29-25(32)19-10-13-21(27)22(28)14-19/h8-16,18,23H,3-7H2,1-2H3,(H,29,32)(H,30,31)(H,33,34)/t15?,16?,18?,23-/m0/s1. The van der Waals surface area contributed by atoms with Crippen molar-refractivity contribution in [2.45, 2.75) is 57.9 Å². The maximum atomic E-state index is 12.7. The van der Waals surface area contributed by atoms with Gasteiger partial charge in [-0.25, -0.2) is 4.79 Å². The zero-order chi connectivity index (χ0) is 24.8. The Labute approximate surface area is 210 Å². The third kappa shape index (κ3) is 6.51. The molecule has 1 aliphatic rings. The predicted molar refractivity (Wildman–Crippen MR) is 135 cm³/mol. The topological polar surface area (TPSA) is 95.5 Å². The first-order valence-electron chi connectivity index (χ1n) is 11.6. The number of aliphatic carboxylic acids is 1. The lowest BCUT2D eigenvalue weighted by Gasteiger charge is -2.30. The summed E-state index contributed by atoms with van der Waals surface area (Å²) in [4.78, 5) is 36.6. The molecule has 0 aliphatic heterocycles. The number of hydrogen-bond donors (Lipinski definition) is 3. The van der Waals surface area contributed by atoms with E-state index in [9.17, 15) is 19.5 Å². The molecule has 2 atom stereocenters. The molecule has 3 rings (SSSR count). The van der Waals surface area contributed by atoms with Crippen molar-refractivity contribution in [1.82, 2.24) is 5.32 Å². The van der Waals surface area contributed by atoms with Gasteiger partial charge in [0, 0.05) is 17.2 Å². The summed E-state index contributed by atoms with van der Waals surface area (Å²) in [6.45, 7) is 3.76. The average molecular weight is 505 g/mol. The van der Waals surface area contributed by atoms with Gasteiger partial charge in [0.15, 0.2) is 0 Å². The van der Waals surface area contributed by atoms with E-state index in [1.54, 1.807) is 12.1 Å². The summed E-state index contributed by atoms with van der Waals surface area (Å²) < 4.78 is 0. The molecule has 2 amide bonds. The van der Waals surface area contributed by atoms with Gasteiger partial charge < -0.3 is 15.7 Å². The monoisotopic (exact) mass is 504 g/mol. The van der Waals surface area contributed by atoms with Gasteiger partial charge in [-0.2, -0.15) is 0 Å². The van der Waals surface area contributed by atoms with Gasteiger partial charge >= 0.3 is 5.97 Å². The number of carboxylic acids is 1. The quantitative estimate of drug-likeness (QED) is 0.402. The molecular formula is C26H30Cl2N2O4. The summed E-state index contributed by atoms with van der Waals surface area (Å²) in [5.41, 5.74) is 2.26. The lowest BCUT2D eigenvalue weighted by Crippen LogP contribution is -2.47. The highest BCUT2D eigenvalue weighted by Crippen LogP contribution is 2.36. The Hall–Kier alpha value is -2.57. The van der Waals surface area contributed by atoms with E-state index in [4.69, 9.17) is 23.2 Å². The van der Waals surface area contributed by atoms with Crippen LogP contribution in [0.25, 0.3) is 0 Å². The molecule has 0 bridgehead atoms. The molecular weight excluding hydrogens is 475 g/mol. The van der Waals surface area contributed by atoms with Gasteiger partial charge in [0.1, 0.15) is 6.04 Å². The molecule has 0 saturated heterocycles. The number of anilines is 1. The van der Waals surface area contributed by atoms with Crippen molar-refractivity contribution in [3.63, 3.8) is 0 Å². The van der Waals surface area contributed by atoms with Gasteiger partial charge in [-0.1, -0.05) is 55.6 Å². The first kappa shape index (κ1) is 26.0. The summed E-state index contributed by atoms with van der Waals surface area (Å²) >= 11 is 11.9. The smallest absolute Gasteiger partial charge is 0.326 e. The molecule has 2 aromatic rings. The summed E-state index contributed by atoms with van der Waals surface area (Å²) in [6, 6.07) is 11.6. The molecule has 0 radical (unpaired) electrons. The highest BCUT2D eigenvalue weighted by molar-refractivity contribution is 6.42. The van der Waals surface area contributed by atoms with Crippen molar-refractivity contribution in [1.29, 1.82) is 0 Å². The Morgan fingerprint density at radius 2 is 1.65 bits per heavy atom.